The second-order valence-corrected chi connectivity index (χ2v) is 3.93. The Hall–Kier alpha value is -2.17. The molecule has 0 saturated carbocycles. The van der Waals surface area contributed by atoms with Crippen molar-refractivity contribution in [3.05, 3.63) is 35.9 Å². The molecule has 96 valence electrons. The Balaban J connectivity index is 2.44. The first-order valence-corrected chi connectivity index (χ1v) is 5.54. The maximum atomic E-state index is 11.7. The van der Waals surface area contributed by atoms with Crippen LogP contribution >= 0.6 is 0 Å². The van der Waals surface area contributed by atoms with Crippen molar-refractivity contribution in [2.75, 3.05) is 13.6 Å². The number of carbonyl (C=O) groups excluding carboxylic acids is 2. The van der Waals surface area contributed by atoms with Crippen molar-refractivity contribution >= 4 is 17.7 Å². The van der Waals surface area contributed by atoms with E-state index in [9.17, 15) is 14.4 Å². The fraction of sp³-hybridized carbons (Fsp3) is 0.308. The Morgan fingerprint density at radius 2 is 1.72 bits per heavy atom. The number of carboxylic acid groups (broad SMARTS) is 1. The third-order valence-electron chi connectivity index (χ3n) is 2.46. The van der Waals surface area contributed by atoms with E-state index in [2.05, 4.69) is 0 Å². The zero-order valence-electron chi connectivity index (χ0n) is 10.1. The average Bonchev–Trinajstić information content (AvgIpc) is 2.35. The highest BCUT2D eigenvalue weighted by atomic mass is 16.4. The summed E-state index contributed by atoms with van der Waals surface area (Å²) in [5.74, 6) is -1.53. The number of nitrogens with zero attached hydrogens (tertiary/aromatic N) is 1. The fourth-order valence-electron chi connectivity index (χ4n) is 1.47. The van der Waals surface area contributed by atoms with Crippen molar-refractivity contribution in [2.24, 2.45) is 0 Å². The summed E-state index contributed by atoms with van der Waals surface area (Å²) in [6.45, 7) is -0.349. The van der Waals surface area contributed by atoms with E-state index in [4.69, 9.17) is 5.11 Å². The van der Waals surface area contributed by atoms with Crippen molar-refractivity contribution in [2.45, 2.75) is 12.8 Å². The second-order valence-electron chi connectivity index (χ2n) is 3.93. The monoisotopic (exact) mass is 249 g/mol. The molecule has 0 heterocycles. The Morgan fingerprint density at radius 1 is 1.11 bits per heavy atom. The SMILES string of the molecule is CN(CC(=O)O)C(=O)CCC(=O)c1ccccc1. The molecule has 0 aliphatic carbocycles. The van der Waals surface area contributed by atoms with Gasteiger partial charge in [-0.2, -0.15) is 0 Å². The van der Waals surface area contributed by atoms with E-state index in [-0.39, 0.29) is 31.1 Å². The molecule has 0 saturated heterocycles. The predicted molar refractivity (Wildman–Crippen MR) is 65.3 cm³/mol. The summed E-state index contributed by atoms with van der Waals surface area (Å²) in [6, 6.07) is 8.70. The van der Waals surface area contributed by atoms with Crippen LogP contribution in [0.25, 0.3) is 0 Å². The largest absolute Gasteiger partial charge is 0.480 e. The summed E-state index contributed by atoms with van der Waals surface area (Å²) in [4.78, 5) is 34.7. The van der Waals surface area contributed by atoms with E-state index in [0.717, 1.165) is 4.90 Å². The summed E-state index contributed by atoms with van der Waals surface area (Å²) < 4.78 is 0. The molecule has 0 radical (unpaired) electrons. The molecular weight excluding hydrogens is 234 g/mol. The van der Waals surface area contributed by atoms with Gasteiger partial charge >= 0.3 is 5.97 Å². The van der Waals surface area contributed by atoms with Crippen LogP contribution in [-0.4, -0.2) is 41.3 Å². The lowest BCUT2D eigenvalue weighted by Gasteiger charge is -2.13. The number of carboxylic acids is 1. The number of carbonyl (C=O) groups is 3. The quantitative estimate of drug-likeness (QED) is 0.768. The molecule has 5 heteroatoms. The molecule has 1 N–H and O–H groups in total. The van der Waals surface area contributed by atoms with Gasteiger partial charge in [0, 0.05) is 25.5 Å². The predicted octanol–water partition coefficient (Wildman–Crippen LogP) is 1.19. The Kier molecular flexibility index (Phi) is 5.05. The standard InChI is InChI=1S/C13H15NO4/c1-14(9-13(17)18)12(16)8-7-11(15)10-5-3-2-4-6-10/h2-6H,7-9H2,1H3,(H,17,18). The Labute approximate surface area is 105 Å². The molecule has 0 fully saturated rings. The molecule has 1 aromatic rings. The van der Waals surface area contributed by atoms with Gasteiger partial charge in [0.05, 0.1) is 0 Å². The van der Waals surface area contributed by atoms with Gasteiger partial charge in [-0.3, -0.25) is 14.4 Å². The van der Waals surface area contributed by atoms with E-state index in [1.807, 2.05) is 6.07 Å². The molecule has 5 nitrogen and oxygen atoms in total. The lowest BCUT2D eigenvalue weighted by Crippen LogP contribution is -2.32. The molecule has 0 aromatic heterocycles. The first-order valence-electron chi connectivity index (χ1n) is 5.54. The lowest BCUT2D eigenvalue weighted by atomic mass is 10.1. The summed E-state index contributed by atoms with van der Waals surface area (Å²) >= 11 is 0. The van der Waals surface area contributed by atoms with Crippen LogP contribution in [0.5, 0.6) is 0 Å². The van der Waals surface area contributed by atoms with Gasteiger partial charge in [0.15, 0.2) is 5.78 Å². The number of amides is 1. The minimum atomic E-state index is -1.07. The number of benzene rings is 1. The number of Topliss-reactive ketones (excluding diaryl/α,β-unsaturated/α-hetero) is 1. The van der Waals surface area contributed by atoms with Crippen molar-refractivity contribution < 1.29 is 19.5 Å². The van der Waals surface area contributed by atoms with Crippen LogP contribution in [0.1, 0.15) is 23.2 Å². The van der Waals surface area contributed by atoms with Gasteiger partial charge in [-0.05, 0) is 0 Å². The maximum Gasteiger partial charge on any atom is 0.323 e. The number of rotatable bonds is 6. The smallest absolute Gasteiger partial charge is 0.323 e. The molecule has 1 rings (SSSR count). The van der Waals surface area contributed by atoms with Gasteiger partial charge in [0.25, 0.3) is 0 Å². The normalized spacial score (nSPS) is 9.83. The number of hydrogen-bond donors (Lipinski definition) is 1. The zero-order valence-corrected chi connectivity index (χ0v) is 10.1. The second kappa shape index (κ2) is 6.54. The van der Waals surface area contributed by atoms with Gasteiger partial charge < -0.3 is 10.0 Å². The third-order valence-corrected chi connectivity index (χ3v) is 2.46. The van der Waals surface area contributed by atoms with E-state index >= 15 is 0 Å². The molecular formula is C13H15NO4. The summed E-state index contributed by atoms with van der Waals surface area (Å²) in [7, 11) is 1.41. The molecule has 0 bridgehead atoms. The Bertz CT molecular complexity index is 442. The van der Waals surface area contributed by atoms with Crippen molar-refractivity contribution in [1.29, 1.82) is 0 Å². The van der Waals surface area contributed by atoms with E-state index < -0.39 is 5.97 Å². The first-order chi connectivity index (χ1) is 8.50. The molecule has 0 atom stereocenters. The van der Waals surface area contributed by atoms with Gasteiger partial charge in [0.2, 0.25) is 5.91 Å². The average molecular weight is 249 g/mol. The van der Waals surface area contributed by atoms with Gasteiger partial charge in [-0.1, -0.05) is 30.3 Å². The minimum Gasteiger partial charge on any atom is -0.480 e. The summed E-state index contributed by atoms with van der Waals surface area (Å²) in [5.41, 5.74) is 0.561. The number of likely N-dealkylation sites (N-methyl/N-ethyl adjacent to an activating group) is 1. The van der Waals surface area contributed by atoms with E-state index in [1.165, 1.54) is 7.05 Å². The van der Waals surface area contributed by atoms with Crippen molar-refractivity contribution in [3.63, 3.8) is 0 Å². The lowest BCUT2D eigenvalue weighted by molar-refractivity contribution is -0.143. The molecule has 18 heavy (non-hydrogen) atoms. The van der Waals surface area contributed by atoms with Crippen LogP contribution in [0.2, 0.25) is 0 Å². The molecule has 1 amide bonds. The van der Waals surface area contributed by atoms with Crippen LogP contribution in [-0.2, 0) is 9.59 Å². The highest BCUT2D eigenvalue weighted by Crippen LogP contribution is 2.06. The van der Waals surface area contributed by atoms with Gasteiger partial charge in [-0.25, -0.2) is 0 Å². The Morgan fingerprint density at radius 3 is 2.28 bits per heavy atom. The summed E-state index contributed by atoms with van der Waals surface area (Å²) in [5, 5.41) is 8.53. The van der Waals surface area contributed by atoms with Crippen molar-refractivity contribution in [1.82, 2.24) is 4.90 Å². The molecule has 0 spiro atoms. The number of ketones is 1. The van der Waals surface area contributed by atoms with Crippen LogP contribution in [0, 0.1) is 0 Å². The zero-order chi connectivity index (χ0) is 13.5. The third kappa shape index (κ3) is 4.37. The molecule has 0 aliphatic rings. The van der Waals surface area contributed by atoms with Crippen molar-refractivity contribution in [3.8, 4) is 0 Å². The number of aliphatic carboxylic acids is 1. The fourth-order valence-corrected chi connectivity index (χ4v) is 1.47. The molecule has 0 aliphatic heterocycles. The highest BCUT2D eigenvalue weighted by molar-refractivity contribution is 5.98. The van der Waals surface area contributed by atoms with E-state index in [0.29, 0.717) is 5.56 Å². The highest BCUT2D eigenvalue weighted by Gasteiger charge is 2.14. The van der Waals surface area contributed by atoms with Crippen LogP contribution < -0.4 is 0 Å². The minimum absolute atomic E-state index is 0.0253. The molecule has 1 aromatic carbocycles. The van der Waals surface area contributed by atoms with Gasteiger partial charge in [-0.15, -0.1) is 0 Å². The van der Waals surface area contributed by atoms with Crippen LogP contribution in [0.15, 0.2) is 30.3 Å². The number of hydrogen-bond acceptors (Lipinski definition) is 3. The van der Waals surface area contributed by atoms with Gasteiger partial charge in [0.1, 0.15) is 6.54 Å². The first kappa shape index (κ1) is 13.9. The topological polar surface area (TPSA) is 74.7 Å². The molecule has 0 unspecified atom stereocenters. The maximum absolute atomic E-state index is 11.7. The summed E-state index contributed by atoms with van der Waals surface area (Å²) in [6.07, 6.45) is 0.115. The van der Waals surface area contributed by atoms with Crippen LogP contribution in [0.4, 0.5) is 0 Å². The van der Waals surface area contributed by atoms with E-state index in [1.54, 1.807) is 24.3 Å². The van der Waals surface area contributed by atoms with Crippen LogP contribution in [0.3, 0.4) is 0 Å².